The van der Waals surface area contributed by atoms with Crippen molar-refractivity contribution >= 4 is 23.5 Å². The molecule has 0 radical (unpaired) electrons. The molecule has 78 valence electrons. The molecule has 0 aromatic carbocycles. The number of carbonyl (C=O) groups is 3. The van der Waals surface area contributed by atoms with Gasteiger partial charge in [0, 0.05) is 0 Å². The van der Waals surface area contributed by atoms with E-state index in [0.717, 1.165) is 0 Å². The van der Waals surface area contributed by atoms with Gasteiger partial charge < -0.3 is 10.5 Å². The SMILES string of the molecule is CCOC(=O)C(=O)/C(C)=N/NC(N)=O. The van der Waals surface area contributed by atoms with Gasteiger partial charge in [-0.3, -0.25) is 4.79 Å². The topological polar surface area (TPSA) is 111 Å². The molecule has 0 aromatic heterocycles. The maximum atomic E-state index is 11.0. The van der Waals surface area contributed by atoms with E-state index in [2.05, 4.69) is 9.84 Å². The zero-order valence-electron chi connectivity index (χ0n) is 7.86. The summed E-state index contributed by atoms with van der Waals surface area (Å²) in [6.45, 7) is 2.93. The third-order valence-corrected chi connectivity index (χ3v) is 1.12. The molecule has 0 spiro atoms. The Kier molecular flexibility index (Phi) is 4.90. The number of primary amides is 1. The van der Waals surface area contributed by atoms with E-state index in [9.17, 15) is 14.4 Å². The number of hydrazone groups is 1. The fourth-order valence-corrected chi connectivity index (χ4v) is 0.534. The van der Waals surface area contributed by atoms with Gasteiger partial charge in [-0.1, -0.05) is 0 Å². The molecule has 0 saturated heterocycles. The number of Topliss-reactive ketones (excluding diaryl/α,β-unsaturated/α-hetero) is 1. The van der Waals surface area contributed by atoms with Crippen LogP contribution in [0.3, 0.4) is 0 Å². The average molecular weight is 201 g/mol. The van der Waals surface area contributed by atoms with Crippen molar-refractivity contribution in [2.75, 3.05) is 6.61 Å². The summed E-state index contributed by atoms with van der Waals surface area (Å²) in [6, 6.07) is -0.916. The first kappa shape index (κ1) is 12.1. The maximum Gasteiger partial charge on any atom is 0.381 e. The number of nitrogens with zero attached hydrogens (tertiary/aromatic N) is 1. The highest BCUT2D eigenvalue weighted by molar-refractivity contribution is 6.63. The van der Waals surface area contributed by atoms with Crippen molar-refractivity contribution in [1.29, 1.82) is 0 Å². The molecular weight excluding hydrogens is 190 g/mol. The van der Waals surface area contributed by atoms with Gasteiger partial charge in [0.2, 0.25) is 0 Å². The van der Waals surface area contributed by atoms with Gasteiger partial charge in [-0.2, -0.15) is 5.10 Å². The molecule has 0 heterocycles. The largest absolute Gasteiger partial charge is 0.460 e. The maximum absolute atomic E-state index is 11.0. The highest BCUT2D eigenvalue weighted by Crippen LogP contribution is 1.85. The standard InChI is InChI=1S/C7H11N3O4/c1-3-14-6(12)5(11)4(2)9-10-7(8)13/h3H2,1-2H3,(H3,8,10,13)/b9-4+. The highest BCUT2D eigenvalue weighted by Gasteiger charge is 2.18. The third kappa shape index (κ3) is 4.19. The first-order valence-electron chi connectivity index (χ1n) is 3.80. The molecule has 3 N–H and O–H groups in total. The zero-order chi connectivity index (χ0) is 11.1. The van der Waals surface area contributed by atoms with Gasteiger partial charge in [0.25, 0.3) is 5.78 Å². The van der Waals surface area contributed by atoms with Gasteiger partial charge in [0.05, 0.1) is 6.61 Å². The molecule has 0 saturated carbocycles. The van der Waals surface area contributed by atoms with Crippen LogP contribution in [-0.4, -0.2) is 30.1 Å². The molecule has 14 heavy (non-hydrogen) atoms. The quantitative estimate of drug-likeness (QED) is 0.267. The van der Waals surface area contributed by atoms with E-state index in [1.165, 1.54) is 6.92 Å². The van der Waals surface area contributed by atoms with E-state index in [1.54, 1.807) is 6.92 Å². The molecule has 0 rings (SSSR count). The molecule has 0 atom stereocenters. The summed E-state index contributed by atoms with van der Waals surface area (Å²) in [5.41, 5.74) is 6.32. The Morgan fingerprint density at radius 2 is 2.00 bits per heavy atom. The van der Waals surface area contributed by atoms with Crippen molar-refractivity contribution in [2.45, 2.75) is 13.8 Å². The van der Waals surface area contributed by atoms with E-state index in [1.807, 2.05) is 5.43 Å². The Morgan fingerprint density at radius 3 is 2.43 bits per heavy atom. The lowest BCUT2D eigenvalue weighted by atomic mass is 10.3. The Balaban J connectivity index is 4.31. The van der Waals surface area contributed by atoms with E-state index in [-0.39, 0.29) is 12.3 Å². The summed E-state index contributed by atoms with van der Waals surface area (Å²) in [7, 11) is 0. The fraction of sp³-hybridized carbons (Fsp3) is 0.429. The lowest BCUT2D eigenvalue weighted by molar-refractivity contribution is -0.150. The van der Waals surface area contributed by atoms with Crippen LogP contribution < -0.4 is 11.2 Å². The van der Waals surface area contributed by atoms with Gasteiger partial charge >= 0.3 is 12.0 Å². The molecule has 0 aromatic rings. The average Bonchev–Trinajstić information content (AvgIpc) is 2.13. The van der Waals surface area contributed by atoms with Crippen LogP contribution in [0.1, 0.15) is 13.8 Å². The van der Waals surface area contributed by atoms with Gasteiger partial charge in [-0.15, -0.1) is 0 Å². The van der Waals surface area contributed by atoms with Crippen LogP contribution >= 0.6 is 0 Å². The number of rotatable bonds is 4. The second kappa shape index (κ2) is 5.68. The lowest BCUT2D eigenvalue weighted by Crippen LogP contribution is -2.30. The number of hydrogen-bond donors (Lipinski definition) is 2. The number of hydrogen-bond acceptors (Lipinski definition) is 5. The molecule has 7 heteroatoms. The van der Waals surface area contributed by atoms with Crippen LogP contribution in [0.15, 0.2) is 5.10 Å². The number of ketones is 1. The van der Waals surface area contributed by atoms with Gasteiger partial charge in [-0.25, -0.2) is 15.0 Å². The molecule has 0 aliphatic rings. The van der Waals surface area contributed by atoms with Crippen molar-refractivity contribution < 1.29 is 19.1 Å². The van der Waals surface area contributed by atoms with Crippen LogP contribution in [0.2, 0.25) is 0 Å². The highest BCUT2D eigenvalue weighted by atomic mass is 16.5. The van der Waals surface area contributed by atoms with E-state index >= 15 is 0 Å². The molecule has 7 nitrogen and oxygen atoms in total. The predicted octanol–water partition coefficient (Wildman–Crippen LogP) is -0.837. The van der Waals surface area contributed by atoms with Crippen molar-refractivity contribution in [2.24, 2.45) is 10.8 Å². The minimum absolute atomic E-state index is 0.0983. The van der Waals surface area contributed by atoms with Crippen LogP contribution in [0.25, 0.3) is 0 Å². The summed E-state index contributed by atoms with van der Waals surface area (Å²) in [6.07, 6.45) is 0. The first-order valence-corrected chi connectivity index (χ1v) is 3.80. The molecule has 0 aliphatic heterocycles. The van der Waals surface area contributed by atoms with Crippen molar-refractivity contribution in [3.63, 3.8) is 0 Å². The number of amides is 2. The lowest BCUT2D eigenvalue weighted by Gasteiger charge is -1.99. The third-order valence-electron chi connectivity index (χ3n) is 1.12. The normalized spacial score (nSPS) is 10.6. The van der Waals surface area contributed by atoms with E-state index in [0.29, 0.717) is 0 Å². The van der Waals surface area contributed by atoms with Gasteiger partial charge in [0.1, 0.15) is 5.71 Å². The second-order valence-corrected chi connectivity index (χ2v) is 2.22. The molecule has 0 aliphatic carbocycles. The molecule has 0 unspecified atom stereocenters. The minimum Gasteiger partial charge on any atom is -0.460 e. The number of urea groups is 1. The fourth-order valence-electron chi connectivity index (χ4n) is 0.534. The summed E-state index contributed by atoms with van der Waals surface area (Å²) in [4.78, 5) is 32.1. The zero-order valence-corrected chi connectivity index (χ0v) is 7.86. The Morgan fingerprint density at radius 1 is 1.43 bits per heavy atom. The summed E-state index contributed by atoms with van der Waals surface area (Å²) in [5.74, 6) is -1.93. The number of nitrogens with two attached hydrogens (primary N) is 1. The summed E-state index contributed by atoms with van der Waals surface area (Å²) in [5, 5.41) is 3.27. The molecule has 0 bridgehead atoms. The number of esters is 1. The van der Waals surface area contributed by atoms with Crippen LogP contribution in [-0.2, 0) is 14.3 Å². The molecule has 2 amide bonds. The van der Waals surface area contributed by atoms with Crippen LogP contribution in [0.4, 0.5) is 4.79 Å². The van der Waals surface area contributed by atoms with Crippen LogP contribution in [0, 0.1) is 0 Å². The minimum atomic E-state index is -1.01. The monoisotopic (exact) mass is 201 g/mol. The summed E-state index contributed by atoms with van der Waals surface area (Å²) < 4.78 is 4.42. The van der Waals surface area contributed by atoms with E-state index < -0.39 is 17.8 Å². The van der Waals surface area contributed by atoms with Gasteiger partial charge in [0.15, 0.2) is 0 Å². The predicted molar refractivity (Wildman–Crippen MR) is 47.5 cm³/mol. The van der Waals surface area contributed by atoms with Gasteiger partial charge in [-0.05, 0) is 13.8 Å². The smallest absolute Gasteiger partial charge is 0.381 e. The van der Waals surface area contributed by atoms with Crippen LogP contribution in [0.5, 0.6) is 0 Å². The second-order valence-electron chi connectivity index (χ2n) is 2.22. The number of nitrogens with one attached hydrogen (secondary N) is 1. The van der Waals surface area contributed by atoms with Crippen molar-refractivity contribution in [1.82, 2.24) is 5.43 Å². The molecule has 0 fully saturated rings. The summed E-state index contributed by atoms with van der Waals surface area (Å²) >= 11 is 0. The number of ether oxygens (including phenoxy) is 1. The Labute approximate surface area is 80.3 Å². The Bertz CT molecular complexity index is 285. The Hall–Kier alpha value is -1.92. The van der Waals surface area contributed by atoms with Crippen molar-refractivity contribution in [3.8, 4) is 0 Å². The molecular formula is C7H11N3O4. The van der Waals surface area contributed by atoms with Crippen molar-refractivity contribution in [3.05, 3.63) is 0 Å². The number of carbonyl (C=O) groups excluding carboxylic acids is 3. The first-order chi connectivity index (χ1) is 6.49. The van der Waals surface area contributed by atoms with E-state index in [4.69, 9.17) is 5.73 Å².